The molecule has 0 amide bonds. The third-order valence-corrected chi connectivity index (χ3v) is 6.78. The molecule has 0 spiro atoms. The molecule has 0 aromatic heterocycles. The van der Waals surface area contributed by atoms with Gasteiger partial charge in [0.15, 0.2) is 0 Å². The van der Waals surface area contributed by atoms with Crippen molar-refractivity contribution in [2.24, 2.45) is 0 Å². The second kappa shape index (κ2) is 9.40. The van der Waals surface area contributed by atoms with Crippen LogP contribution >= 0.6 is 11.8 Å². The molecule has 6 heteroatoms. The van der Waals surface area contributed by atoms with E-state index in [1.807, 2.05) is 0 Å². The van der Waals surface area contributed by atoms with E-state index < -0.39 is 0 Å². The van der Waals surface area contributed by atoms with Crippen molar-refractivity contribution in [2.75, 3.05) is 33.7 Å². The first-order valence-electron chi connectivity index (χ1n) is 10.8. The van der Waals surface area contributed by atoms with E-state index in [2.05, 4.69) is 144 Å². The number of nitrogens with zero attached hydrogens (tertiary/aromatic N) is 4. The molecule has 4 aromatic carbocycles. The van der Waals surface area contributed by atoms with E-state index in [0.717, 1.165) is 21.2 Å². The summed E-state index contributed by atoms with van der Waals surface area (Å²) in [5.41, 5.74) is 6.76. The molecule has 0 atom stereocenters. The summed E-state index contributed by atoms with van der Waals surface area (Å²) < 4.78 is 0. The Kier molecular flexibility index (Phi) is 6.33. The summed E-state index contributed by atoms with van der Waals surface area (Å²) in [5.74, 6) is 0. The second-order valence-corrected chi connectivity index (χ2v) is 9.16. The van der Waals surface area contributed by atoms with Crippen molar-refractivity contribution in [3.63, 3.8) is 0 Å². The van der Waals surface area contributed by atoms with Crippen LogP contribution in [0, 0.1) is 25.5 Å². The molecule has 170 valence electrons. The van der Waals surface area contributed by atoms with Gasteiger partial charge in [0.05, 0.1) is 0 Å². The number of rotatable bonds is 4. The van der Waals surface area contributed by atoms with Crippen molar-refractivity contribution >= 4 is 45.9 Å². The summed E-state index contributed by atoms with van der Waals surface area (Å²) in [7, 11) is 4.14. The SMILES string of the molecule is CN1[CH-]N(c2[c-]c(Sc3[c-]c(N4[CH-]N(C)c5ccccc54)ccc3)ccc2)c2ccccc21.[Pt+4]. The van der Waals surface area contributed by atoms with Crippen LogP contribution < -0.4 is 19.6 Å². The van der Waals surface area contributed by atoms with E-state index in [-0.39, 0.29) is 21.1 Å². The van der Waals surface area contributed by atoms with Crippen LogP contribution in [0.1, 0.15) is 0 Å². The number of hydrogen-bond acceptors (Lipinski definition) is 5. The molecule has 34 heavy (non-hydrogen) atoms. The number of para-hydroxylation sites is 4. The zero-order chi connectivity index (χ0) is 22.4. The van der Waals surface area contributed by atoms with E-state index in [4.69, 9.17) is 0 Å². The van der Waals surface area contributed by atoms with E-state index in [9.17, 15) is 0 Å². The summed E-state index contributed by atoms with van der Waals surface area (Å²) >= 11 is 1.68. The van der Waals surface area contributed by atoms with Crippen LogP contribution in [0.15, 0.2) is 94.7 Å². The average Bonchev–Trinajstić information content (AvgIpc) is 3.37. The number of hydrogen-bond donors (Lipinski definition) is 0. The van der Waals surface area contributed by atoms with Gasteiger partial charge in [-0.15, -0.1) is 57.2 Å². The van der Waals surface area contributed by atoms with Crippen LogP contribution in [0.3, 0.4) is 0 Å². The van der Waals surface area contributed by atoms with Crippen LogP contribution in [0.25, 0.3) is 0 Å². The second-order valence-electron chi connectivity index (χ2n) is 8.07. The van der Waals surface area contributed by atoms with Gasteiger partial charge in [-0.05, 0) is 38.4 Å². The monoisotopic (exact) mass is 641 g/mol. The Morgan fingerprint density at radius 3 is 1.41 bits per heavy atom. The maximum atomic E-state index is 3.59. The van der Waals surface area contributed by atoms with Crippen molar-refractivity contribution in [1.29, 1.82) is 0 Å². The fraction of sp³-hybridized carbons (Fsp3) is 0.0714. The van der Waals surface area contributed by atoms with Gasteiger partial charge in [-0.2, -0.15) is 37.6 Å². The molecule has 0 aliphatic carbocycles. The molecule has 6 rings (SSSR count). The Balaban J connectivity index is 0.00000241. The zero-order valence-corrected chi connectivity index (χ0v) is 21.8. The molecule has 0 unspecified atom stereocenters. The molecule has 0 bridgehead atoms. The summed E-state index contributed by atoms with van der Waals surface area (Å²) in [4.78, 5) is 10.8. The van der Waals surface area contributed by atoms with Crippen molar-refractivity contribution < 1.29 is 21.1 Å². The first-order valence-corrected chi connectivity index (χ1v) is 11.6. The summed E-state index contributed by atoms with van der Waals surface area (Å²) in [5, 5.41) is 0. The topological polar surface area (TPSA) is 13.0 Å². The van der Waals surface area contributed by atoms with Crippen molar-refractivity contribution in [3.05, 3.63) is 110 Å². The minimum atomic E-state index is 0. The molecule has 2 aliphatic heterocycles. The molecular formula is C28H22N4PtS. The van der Waals surface area contributed by atoms with Crippen LogP contribution in [0.4, 0.5) is 34.1 Å². The molecule has 0 saturated carbocycles. The van der Waals surface area contributed by atoms with Gasteiger partial charge in [-0.3, -0.25) is 0 Å². The van der Waals surface area contributed by atoms with Crippen LogP contribution in [-0.2, 0) is 21.1 Å². The van der Waals surface area contributed by atoms with Gasteiger partial charge in [0.25, 0.3) is 0 Å². The van der Waals surface area contributed by atoms with Crippen LogP contribution in [0.5, 0.6) is 0 Å². The van der Waals surface area contributed by atoms with Crippen LogP contribution in [0.2, 0.25) is 0 Å². The first kappa shape index (κ1) is 22.9. The van der Waals surface area contributed by atoms with Gasteiger partial charge in [0, 0.05) is 22.7 Å². The summed E-state index contributed by atoms with van der Waals surface area (Å²) in [6.45, 7) is 4.21. The van der Waals surface area contributed by atoms with Gasteiger partial charge in [0.2, 0.25) is 0 Å². The fourth-order valence-electron chi connectivity index (χ4n) is 4.30. The maximum Gasteiger partial charge on any atom is 4.00 e. The molecule has 2 aliphatic rings. The fourth-order valence-corrected chi connectivity index (χ4v) is 5.14. The molecule has 4 aromatic rings. The number of benzene rings is 4. The van der Waals surface area contributed by atoms with E-state index in [1.54, 1.807) is 11.8 Å². The number of anilines is 6. The van der Waals surface area contributed by atoms with Crippen molar-refractivity contribution in [2.45, 2.75) is 9.79 Å². The van der Waals surface area contributed by atoms with Gasteiger partial charge >= 0.3 is 21.1 Å². The zero-order valence-electron chi connectivity index (χ0n) is 18.8. The van der Waals surface area contributed by atoms with Gasteiger partial charge < -0.3 is 19.6 Å². The first-order chi connectivity index (χ1) is 16.2. The normalized spacial score (nSPS) is 14.2. The molecule has 2 heterocycles. The standard InChI is InChI=1S/C28H22N4S.Pt/c1-29-19-31(27-15-5-3-13-25(27)29)21-9-7-11-23(17-21)33-24-12-8-10-22(18-24)32-20-30(2)26-14-4-6-16-28(26)32;/h3-16,19-20H,1-2H3;/q-4;+4. The predicted molar refractivity (Wildman–Crippen MR) is 137 cm³/mol. The summed E-state index contributed by atoms with van der Waals surface area (Å²) in [6, 6.07) is 36.6. The van der Waals surface area contributed by atoms with Gasteiger partial charge in [-0.25, -0.2) is 0 Å². The third-order valence-electron chi connectivity index (χ3n) is 5.86. The van der Waals surface area contributed by atoms with Crippen LogP contribution in [-0.4, -0.2) is 14.1 Å². The molecule has 4 nitrogen and oxygen atoms in total. The van der Waals surface area contributed by atoms with E-state index in [1.165, 1.54) is 22.7 Å². The predicted octanol–water partition coefficient (Wildman–Crippen LogP) is 6.85. The maximum absolute atomic E-state index is 3.59. The van der Waals surface area contributed by atoms with Gasteiger partial charge in [0.1, 0.15) is 0 Å². The smallest absolute Gasteiger partial charge is 0.504 e. The Bertz CT molecular complexity index is 1230. The molecule has 0 radical (unpaired) electrons. The van der Waals surface area contributed by atoms with Crippen molar-refractivity contribution in [3.8, 4) is 0 Å². The quantitative estimate of drug-likeness (QED) is 0.226. The van der Waals surface area contributed by atoms with Gasteiger partial charge in [-0.1, -0.05) is 24.3 Å². The Labute approximate surface area is 220 Å². The Morgan fingerprint density at radius 2 is 0.971 bits per heavy atom. The molecular weight excluding hydrogens is 619 g/mol. The van der Waals surface area contributed by atoms with E-state index >= 15 is 0 Å². The van der Waals surface area contributed by atoms with Crippen molar-refractivity contribution in [1.82, 2.24) is 0 Å². The average molecular weight is 642 g/mol. The van der Waals surface area contributed by atoms with E-state index in [0.29, 0.717) is 0 Å². The Morgan fingerprint density at radius 1 is 0.559 bits per heavy atom. The summed E-state index contributed by atoms with van der Waals surface area (Å²) in [6.07, 6.45) is 0. The number of fused-ring (bicyclic) bond motifs is 2. The molecule has 0 N–H and O–H groups in total. The third kappa shape index (κ3) is 4.08. The molecule has 0 saturated heterocycles. The largest absolute Gasteiger partial charge is 4.00 e. The molecule has 0 fully saturated rings. The Hall–Kier alpha value is -2.88. The minimum absolute atomic E-state index is 0. The minimum Gasteiger partial charge on any atom is -0.504 e.